The Morgan fingerprint density at radius 1 is 1.12 bits per heavy atom. The quantitative estimate of drug-likeness (QED) is 0.655. The normalized spacial score (nSPS) is 10.3. The molecule has 4 nitrogen and oxygen atoms in total. The molecule has 0 aliphatic rings. The Kier molecular flexibility index (Phi) is 6.61. The zero-order valence-electron chi connectivity index (χ0n) is 13.5. The van der Waals surface area contributed by atoms with Crippen LogP contribution in [0.25, 0.3) is 0 Å². The van der Waals surface area contributed by atoms with Gasteiger partial charge >= 0.3 is 5.97 Å². The summed E-state index contributed by atoms with van der Waals surface area (Å²) >= 11 is 3.25. The molecule has 0 heterocycles. The van der Waals surface area contributed by atoms with Gasteiger partial charge in [-0.05, 0) is 30.2 Å². The fourth-order valence-corrected chi connectivity index (χ4v) is 2.72. The van der Waals surface area contributed by atoms with E-state index in [0.29, 0.717) is 28.0 Å². The van der Waals surface area contributed by atoms with Crippen LogP contribution in [0.3, 0.4) is 0 Å². The summed E-state index contributed by atoms with van der Waals surface area (Å²) in [7, 11) is 3.13. The lowest BCUT2D eigenvalue weighted by Gasteiger charge is -2.12. The second-order valence-electron chi connectivity index (χ2n) is 5.05. The molecule has 2 rings (SSSR count). The number of hydrogen-bond donors (Lipinski definition) is 0. The molecular weight excluding hydrogens is 379 g/mol. The van der Waals surface area contributed by atoms with Gasteiger partial charge in [-0.3, -0.25) is 4.79 Å². The van der Waals surface area contributed by atoms with Crippen LogP contribution in [-0.4, -0.2) is 20.2 Å². The molecule has 0 aliphatic carbocycles. The van der Waals surface area contributed by atoms with Gasteiger partial charge < -0.3 is 14.2 Å². The van der Waals surface area contributed by atoms with Gasteiger partial charge in [0.15, 0.2) is 11.5 Å². The lowest BCUT2D eigenvalue weighted by molar-refractivity contribution is -0.144. The highest BCUT2D eigenvalue weighted by Crippen LogP contribution is 2.31. The molecule has 128 valence electrons. The molecule has 0 spiro atoms. The molecule has 0 unspecified atom stereocenters. The largest absolute Gasteiger partial charge is 0.493 e. The maximum absolute atomic E-state index is 13.0. The first-order valence-electron chi connectivity index (χ1n) is 7.34. The fraction of sp³-hybridized carbons (Fsp3) is 0.278. The summed E-state index contributed by atoms with van der Waals surface area (Å²) in [6.07, 6.45) is 0.687. The van der Waals surface area contributed by atoms with Crippen LogP contribution in [0, 0.1) is 5.82 Å². The van der Waals surface area contributed by atoms with E-state index >= 15 is 0 Å². The highest BCUT2D eigenvalue weighted by Gasteiger charge is 2.12. The fourth-order valence-electron chi connectivity index (χ4n) is 2.26. The Hall–Kier alpha value is -2.08. The summed E-state index contributed by atoms with van der Waals surface area (Å²) < 4.78 is 29.4. The average molecular weight is 397 g/mol. The van der Waals surface area contributed by atoms with Crippen molar-refractivity contribution >= 4 is 21.9 Å². The van der Waals surface area contributed by atoms with Crippen molar-refractivity contribution in [2.75, 3.05) is 14.2 Å². The van der Waals surface area contributed by atoms with Crippen LogP contribution in [0.2, 0.25) is 0 Å². The number of carbonyl (C=O) groups is 1. The summed E-state index contributed by atoms with van der Waals surface area (Å²) in [4.78, 5) is 11.9. The molecular formula is C18H18BrFO4. The van der Waals surface area contributed by atoms with Crippen LogP contribution in [-0.2, 0) is 22.6 Å². The molecule has 2 aromatic carbocycles. The van der Waals surface area contributed by atoms with Gasteiger partial charge in [-0.15, -0.1) is 0 Å². The third kappa shape index (κ3) is 4.71. The van der Waals surface area contributed by atoms with Gasteiger partial charge in [0.05, 0.1) is 14.2 Å². The second kappa shape index (κ2) is 8.68. The SMILES string of the molecule is COc1cccc(CCC(=O)OCc2ccc(F)cc2Br)c1OC. The molecule has 0 N–H and O–H groups in total. The molecule has 24 heavy (non-hydrogen) atoms. The minimum atomic E-state index is -0.345. The molecule has 0 radical (unpaired) electrons. The van der Waals surface area contributed by atoms with Crippen molar-refractivity contribution in [3.8, 4) is 11.5 Å². The van der Waals surface area contributed by atoms with Gasteiger partial charge in [0.1, 0.15) is 12.4 Å². The lowest BCUT2D eigenvalue weighted by atomic mass is 10.1. The van der Waals surface area contributed by atoms with Crippen molar-refractivity contribution in [2.45, 2.75) is 19.4 Å². The van der Waals surface area contributed by atoms with Crippen molar-refractivity contribution in [3.05, 3.63) is 57.8 Å². The molecule has 2 aromatic rings. The predicted molar refractivity (Wildman–Crippen MR) is 91.8 cm³/mol. The van der Waals surface area contributed by atoms with Crippen LogP contribution in [0.15, 0.2) is 40.9 Å². The van der Waals surface area contributed by atoms with E-state index < -0.39 is 0 Å². The molecule has 0 amide bonds. The summed E-state index contributed by atoms with van der Waals surface area (Å²) in [5, 5.41) is 0. The van der Waals surface area contributed by atoms with E-state index in [1.807, 2.05) is 12.1 Å². The second-order valence-corrected chi connectivity index (χ2v) is 5.90. The third-order valence-electron chi connectivity index (χ3n) is 3.49. The Morgan fingerprint density at radius 3 is 2.58 bits per heavy atom. The van der Waals surface area contributed by atoms with E-state index in [1.54, 1.807) is 26.4 Å². The number of methoxy groups -OCH3 is 2. The summed E-state index contributed by atoms with van der Waals surface area (Å²) in [6.45, 7) is 0.0922. The molecule has 0 saturated heterocycles. The zero-order valence-corrected chi connectivity index (χ0v) is 15.1. The topological polar surface area (TPSA) is 44.8 Å². The maximum Gasteiger partial charge on any atom is 0.306 e. The van der Waals surface area contributed by atoms with E-state index in [2.05, 4.69) is 15.9 Å². The standard InChI is InChI=1S/C18H18BrFO4/c1-22-16-5-3-4-12(18(16)23-2)7-9-17(21)24-11-13-6-8-14(20)10-15(13)19/h3-6,8,10H,7,9,11H2,1-2H3. The monoisotopic (exact) mass is 396 g/mol. The first-order chi connectivity index (χ1) is 11.5. The van der Waals surface area contributed by atoms with Crippen LogP contribution in [0.5, 0.6) is 11.5 Å². The maximum atomic E-state index is 13.0. The number of esters is 1. The Labute approximate surface area is 148 Å². The summed E-state index contributed by atoms with van der Waals surface area (Å²) in [6, 6.07) is 9.77. The minimum absolute atomic E-state index is 0.0922. The van der Waals surface area contributed by atoms with Gasteiger partial charge in [0.25, 0.3) is 0 Å². The van der Waals surface area contributed by atoms with Crippen LogP contribution in [0.4, 0.5) is 4.39 Å². The van der Waals surface area contributed by atoms with Gasteiger partial charge in [-0.2, -0.15) is 0 Å². The van der Waals surface area contributed by atoms with Gasteiger partial charge in [-0.25, -0.2) is 4.39 Å². The van der Waals surface area contributed by atoms with Crippen molar-refractivity contribution in [1.82, 2.24) is 0 Å². The number of carbonyl (C=O) groups excluding carboxylic acids is 1. The molecule has 0 saturated carbocycles. The molecule has 0 atom stereocenters. The molecule has 0 bridgehead atoms. The molecule has 6 heteroatoms. The van der Waals surface area contributed by atoms with Crippen molar-refractivity contribution in [2.24, 2.45) is 0 Å². The van der Waals surface area contributed by atoms with Crippen molar-refractivity contribution in [3.63, 3.8) is 0 Å². The van der Waals surface area contributed by atoms with Crippen LogP contribution >= 0.6 is 15.9 Å². The highest BCUT2D eigenvalue weighted by molar-refractivity contribution is 9.10. The number of benzene rings is 2. The van der Waals surface area contributed by atoms with E-state index in [1.165, 1.54) is 12.1 Å². The first kappa shape index (κ1) is 18.3. The number of halogens is 2. The molecule has 0 aromatic heterocycles. The predicted octanol–water partition coefficient (Wildman–Crippen LogP) is 4.28. The summed E-state index contributed by atoms with van der Waals surface area (Å²) in [5.41, 5.74) is 1.58. The third-order valence-corrected chi connectivity index (χ3v) is 4.22. The van der Waals surface area contributed by atoms with Gasteiger partial charge in [0.2, 0.25) is 0 Å². The van der Waals surface area contributed by atoms with Crippen LogP contribution < -0.4 is 9.47 Å². The number of hydrogen-bond acceptors (Lipinski definition) is 4. The molecule has 0 aliphatic heterocycles. The minimum Gasteiger partial charge on any atom is -0.493 e. The Balaban J connectivity index is 1.92. The number of rotatable bonds is 7. The smallest absolute Gasteiger partial charge is 0.306 e. The van der Waals surface area contributed by atoms with E-state index in [9.17, 15) is 9.18 Å². The van der Waals surface area contributed by atoms with Crippen molar-refractivity contribution in [1.29, 1.82) is 0 Å². The van der Waals surface area contributed by atoms with Gasteiger partial charge in [0, 0.05) is 16.5 Å². The Morgan fingerprint density at radius 2 is 1.92 bits per heavy atom. The van der Waals surface area contributed by atoms with E-state index in [0.717, 1.165) is 5.56 Å². The van der Waals surface area contributed by atoms with E-state index in [4.69, 9.17) is 14.2 Å². The first-order valence-corrected chi connectivity index (χ1v) is 8.14. The summed E-state index contributed by atoms with van der Waals surface area (Å²) in [5.74, 6) is 0.561. The average Bonchev–Trinajstić information content (AvgIpc) is 2.58. The number of ether oxygens (including phenoxy) is 3. The van der Waals surface area contributed by atoms with Gasteiger partial charge in [-0.1, -0.05) is 34.1 Å². The van der Waals surface area contributed by atoms with Crippen molar-refractivity contribution < 1.29 is 23.4 Å². The van der Waals surface area contributed by atoms with E-state index in [-0.39, 0.29) is 24.8 Å². The number of para-hydroxylation sites is 1. The molecule has 0 fully saturated rings. The van der Waals surface area contributed by atoms with Crippen LogP contribution in [0.1, 0.15) is 17.5 Å². The Bertz CT molecular complexity index is 718. The number of aryl methyl sites for hydroxylation is 1. The lowest BCUT2D eigenvalue weighted by Crippen LogP contribution is -2.07. The zero-order chi connectivity index (χ0) is 17.5. The highest BCUT2D eigenvalue weighted by atomic mass is 79.9.